The molecule has 3 heterocycles. The summed E-state index contributed by atoms with van der Waals surface area (Å²) in [5.74, 6) is 0.310. The molecule has 0 bridgehead atoms. The summed E-state index contributed by atoms with van der Waals surface area (Å²) in [7, 11) is 0. The summed E-state index contributed by atoms with van der Waals surface area (Å²) in [5, 5.41) is 16.6. The van der Waals surface area contributed by atoms with Crippen molar-refractivity contribution in [3.05, 3.63) is 28.5 Å². The molecule has 8 nitrogen and oxygen atoms in total. The Hall–Kier alpha value is -2.52. The summed E-state index contributed by atoms with van der Waals surface area (Å²) in [6.45, 7) is 12.7. The first-order chi connectivity index (χ1) is 15.8. The van der Waals surface area contributed by atoms with E-state index in [-0.39, 0.29) is 34.4 Å². The molecule has 0 spiro atoms. The van der Waals surface area contributed by atoms with E-state index in [2.05, 4.69) is 41.4 Å². The highest BCUT2D eigenvalue weighted by atomic mass is 32.1. The van der Waals surface area contributed by atoms with E-state index in [1.807, 2.05) is 24.8 Å². The van der Waals surface area contributed by atoms with Gasteiger partial charge >= 0.3 is 0 Å². The fraction of sp³-hybridized carbons (Fsp3) is 0.600. The Kier molecular flexibility index (Phi) is 6.46. The van der Waals surface area contributed by atoms with Crippen LogP contribution in [0.15, 0.2) is 12.3 Å². The molecule has 0 radical (unpaired) electrons. The van der Waals surface area contributed by atoms with Gasteiger partial charge in [-0.2, -0.15) is 0 Å². The zero-order chi connectivity index (χ0) is 24.8. The Morgan fingerprint density at radius 1 is 1.29 bits per heavy atom. The van der Waals surface area contributed by atoms with Crippen LogP contribution in [-0.2, 0) is 0 Å². The van der Waals surface area contributed by atoms with Crippen LogP contribution in [0, 0.1) is 6.92 Å². The van der Waals surface area contributed by atoms with Crippen molar-refractivity contribution in [3.8, 4) is 10.4 Å². The highest BCUT2D eigenvalue weighted by Crippen LogP contribution is 2.36. The number of rotatable bonds is 5. The molecular formula is C25H35N5O3S. The van der Waals surface area contributed by atoms with Gasteiger partial charge in [0.1, 0.15) is 11.5 Å². The Balaban J connectivity index is 1.67. The Labute approximate surface area is 205 Å². The van der Waals surface area contributed by atoms with Crippen LogP contribution in [0.1, 0.15) is 86.2 Å². The van der Waals surface area contributed by atoms with E-state index in [1.165, 1.54) is 11.3 Å². The minimum atomic E-state index is -0.732. The predicted molar refractivity (Wildman–Crippen MR) is 134 cm³/mol. The minimum Gasteiger partial charge on any atom is -0.390 e. The van der Waals surface area contributed by atoms with Gasteiger partial charge in [0.05, 0.1) is 10.5 Å². The Morgan fingerprint density at radius 2 is 2.00 bits per heavy atom. The molecular weight excluding hydrogens is 450 g/mol. The normalized spacial score (nSPS) is 24.6. The maximum atomic E-state index is 13.5. The monoisotopic (exact) mass is 485 g/mol. The summed E-state index contributed by atoms with van der Waals surface area (Å²) >= 11 is 1.23. The number of hydrogen-bond acceptors (Lipinski definition) is 7. The third-order valence-electron chi connectivity index (χ3n) is 6.40. The molecule has 2 aliphatic rings. The summed E-state index contributed by atoms with van der Waals surface area (Å²) in [5.41, 5.74) is 1.21. The summed E-state index contributed by atoms with van der Waals surface area (Å²) < 4.78 is 0. The van der Waals surface area contributed by atoms with Gasteiger partial charge in [-0.15, -0.1) is 11.3 Å². The molecule has 0 unspecified atom stereocenters. The smallest absolute Gasteiger partial charge is 0.280 e. The van der Waals surface area contributed by atoms with Gasteiger partial charge in [-0.1, -0.05) is 0 Å². The van der Waals surface area contributed by atoms with Crippen LogP contribution in [0.25, 0.3) is 10.4 Å². The van der Waals surface area contributed by atoms with Crippen molar-refractivity contribution in [2.24, 2.45) is 0 Å². The van der Waals surface area contributed by atoms with Crippen molar-refractivity contribution in [2.75, 3.05) is 11.9 Å². The van der Waals surface area contributed by atoms with Crippen LogP contribution in [0.5, 0.6) is 0 Å². The highest BCUT2D eigenvalue weighted by Gasteiger charge is 2.40. The van der Waals surface area contributed by atoms with Gasteiger partial charge in [0, 0.05) is 35.9 Å². The second-order valence-electron chi connectivity index (χ2n) is 11.0. The molecule has 2 aromatic heterocycles. The van der Waals surface area contributed by atoms with E-state index in [9.17, 15) is 14.7 Å². The summed E-state index contributed by atoms with van der Waals surface area (Å²) in [6, 6.07) is 2.02. The largest absolute Gasteiger partial charge is 0.390 e. The van der Waals surface area contributed by atoms with Gasteiger partial charge in [-0.25, -0.2) is 9.97 Å². The van der Waals surface area contributed by atoms with Crippen LogP contribution in [0.4, 0.5) is 5.82 Å². The second kappa shape index (κ2) is 8.92. The predicted octanol–water partition coefficient (Wildman–Crippen LogP) is 3.99. The lowest BCUT2D eigenvalue weighted by Gasteiger charge is -2.40. The van der Waals surface area contributed by atoms with Crippen LogP contribution in [0.3, 0.4) is 0 Å². The molecule has 9 heteroatoms. The molecule has 0 aromatic carbocycles. The molecule has 1 aliphatic carbocycles. The van der Waals surface area contributed by atoms with E-state index >= 15 is 0 Å². The van der Waals surface area contributed by atoms with E-state index in [0.717, 1.165) is 29.8 Å². The van der Waals surface area contributed by atoms with E-state index in [0.29, 0.717) is 30.0 Å². The van der Waals surface area contributed by atoms with Crippen molar-refractivity contribution in [2.45, 2.75) is 90.4 Å². The minimum absolute atomic E-state index is 0.0845. The number of aryl methyl sites for hydroxylation is 1. The molecule has 184 valence electrons. The van der Waals surface area contributed by atoms with Crippen LogP contribution < -0.4 is 10.6 Å². The number of hydrogen-bond donors (Lipinski definition) is 3. The van der Waals surface area contributed by atoms with Gasteiger partial charge in [0.25, 0.3) is 11.8 Å². The van der Waals surface area contributed by atoms with Crippen LogP contribution >= 0.6 is 11.3 Å². The standard InChI is InChI=1S/C25H35N5O3S/c1-14-10-18(29-24(3,4)5)26-13-17(14)20-19(23(32)30-9-7-8-15(30)2)28-22(34-20)21(31)27-16-11-25(6,33)12-16/h10,13,15-16,33H,7-9,11-12H2,1-6H3,(H,26,29)(H,27,31)/t15-,16-,25+/m0/s1. The second-order valence-corrected chi connectivity index (χ2v) is 12.0. The fourth-order valence-electron chi connectivity index (χ4n) is 4.71. The lowest BCUT2D eigenvalue weighted by molar-refractivity contribution is -0.0367. The first-order valence-corrected chi connectivity index (χ1v) is 12.7. The summed E-state index contributed by atoms with van der Waals surface area (Å²) in [6.07, 6.45) is 4.72. The summed E-state index contributed by atoms with van der Waals surface area (Å²) in [4.78, 5) is 38.1. The molecule has 34 heavy (non-hydrogen) atoms. The average molecular weight is 486 g/mol. The number of aliphatic hydroxyl groups is 1. The van der Waals surface area contributed by atoms with Crippen LogP contribution in [0.2, 0.25) is 0 Å². The van der Waals surface area contributed by atoms with E-state index in [1.54, 1.807) is 13.1 Å². The first-order valence-electron chi connectivity index (χ1n) is 11.9. The maximum Gasteiger partial charge on any atom is 0.280 e. The van der Waals surface area contributed by atoms with Crippen molar-refractivity contribution >= 4 is 29.0 Å². The van der Waals surface area contributed by atoms with Gasteiger partial charge in [0.15, 0.2) is 5.01 Å². The third kappa shape index (κ3) is 5.25. The van der Waals surface area contributed by atoms with Crippen LogP contribution in [-0.4, -0.2) is 61.6 Å². The Morgan fingerprint density at radius 3 is 2.56 bits per heavy atom. The van der Waals surface area contributed by atoms with Gasteiger partial charge in [-0.05, 0) is 78.9 Å². The van der Waals surface area contributed by atoms with Crippen molar-refractivity contribution in [1.29, 1.82) is 0 Å². The molecule has 2 amide bonds. The number of nitrogens with one attached hydrogen (secondary N) is 2. The average Bonchev–Trinajstić information content (AvgIpc) is 3.31. The quantitative estimate of drug-likeness (QED) is 0.591. The van der Waals surface area contributed by atoms with Crippen molar-refractivity contribution < 1.29 is 14.7 Å². The topological polar surface area (TPSA) is 107 Å². The molecule has 2 aromatic rings. The molecule has 4 rings (SSSR count). The number of carbonyl (C=O) groups excluding carboxylic acids is 2. The molecule has 1 saturated carbocycles. The number of likely N-dealkylation sites (tertiary alicyclic amines) is 1. The highest BCUT2D eigenvalue weighted by molar-refractivity contribution is 7.17. The molecule has 1 saturated heterocycles. The van der Waals surface area contributed by atoms with Gasteiger partial charge < -0.3 is 20.6 Å². The first kappa shape index (κ1) is 24.6. The molecule has 2 fully saturated rings. The van der Waals surface area contributed by atoms with E-state index in [4.69, 9.17) is 0 Å². The third-order valence-corrected chi connectivity index (χ3v) is 7.49. The number of aromatic nitrogens is 2. The van der Waals surface area contributed by atoms with Crippen molar-refractivity contribution in [1.82, 2.24) is 20.2 Å². The zero-order valence-electron chi connectivity index (χ0n) is 20.9. The number of carbonyl (C=O) groups is 2. The number of amides is 2. The maximum absolute atomic E-state index is 13.5. The number of anilines is 1. The van der Waals surface area contributed by atoms with Crippen molar-refractivity contribution in [3.63, 3.8) is 0 Å². The van der Waals surface area contributed by atoms with Gasteiger partial charge in [-0.3, -0.25) is 9.59 Å². The van der Waals surface area contributed by atoms with Gasteiger partial charge in [0.2, 0.25) is 0 Å². The number of nitrogens with zero attached hydrogens (tertiary/aromatic N) is 3. The zero-order valence-corrected chi connectivity index (χ0v) is 21.7. The Bertz CT molecular complexity index is 1100. The number of thiazole rings is 1. The molecule has 1 aliphatic heterocycles. The SMILES string of the molecule is Cc1cc(NC(C)(C)C)ncc1-c1sc(C(=O)N[C@H]2C[C@@](C)(O)C2)nc1C(=O)N1CCC[C@@H]1C. The number of pyridine rings is 1. The fourth-order valence-corrected chi connectivity index (χ4v) is 5.75. The lowest BCUT2D eigenvalue weighted by Crippen LogP contribution is -2.53. The van der Waals surface area contributed by atoms with E-state index < -0.39 is 5.60 Å². The lowest BCUT2D eigenvalue weighted by atomic mass is 9.77. The molecule has 3 N–H and O–H groups in total. The molecule has 1 atom stereocenters.